The van der Waals surface area contributed by atoms with Gasteiger partial charge in [0, 0.05) is 26.2 Å². The van der Waals surface area contributed by atoms with Crippen LogP contribution in [0.2, 0.25) is 0 Å². The Hall–Kier alpha value is -0.610. The zero-order chi connectivity index (χ0) is 13.3. The molecule has 4 heteroatoms. The molecule has 3 aliphatic rings. The lowest BCUT2D eigenvalue weighted by Crippen LogP contribution is -2.48. The summed E-state index contributed by atoms with van der Waals surface area (Å²) < 4.78 is 5.43. The lowest BCUT2D eigenvalue weighted by Gasteiger charge is -2.37. The minimum absolute atomic E-state index is 0.0592. The smallest absolute Gasteiger partial charge is 0.230 e. The average Bonchev–Trinajstić information content (AvgIpc) is 2.77. The second kappa shape index (κ2) is 5.41. The molecule has 108 valence electrons. The summed E-state index contributed by atoms with van der Waals surface area (Å²) in [5.74, 6) is 0.431. The minimum atomic E-state index is -0.0592. The van der Waals surface area contributed by atoms with Gasteiger partial charge in [0.1, 0.15) is 0 Å². The van der Waals surface area contributed by atoms with Gasteiger partial charge in [-0.15, -0.1) is 0 Å². The van der Waals surface area contributed by atoms with Gasteiger partial charge in [-0.1, -0.05) is 0 Å². The quantitative estimate of drug-likeness (QED) is 0.824. The molecule has 1 saturated carbocycles. The Morgan fingerprint density at radius 1 is 1.26 bits per heavy atom. The molecule has 1 spiro atoms. The number of piperidine rings is 1. The Labute approximate surface area is 115 Å². The van der Waals surface area contributed by atoms with Gasteiger partial charge in [-0.3, -0.25) is 4.79 Å². The fraction of sp³-hybridized carbons (Fsp3) is 0.933. The normalized spacial score (nSPS) is 40.1. The summed E-state index contributed by atoms with van der Waals surface area (Å²) in [6.45, 7) is 2.95. The van der Waals surface area contributed by atoms with Gasteiger partial charge in [0.15, 0.2) is 0 Å². The Morgan fingerprint density at radius 2 is 2.05 bits per heavy atom. The third kappa shape index (κ3) is 2.40. The van der Waals surface area contributed by atoms with Gasteiger partial charge in [-0.05, 0) is 51.5 Å². The van der Waals surface area contributed by atoms with Gasteiger partial charge in [0.2, 0.25) is 5.91 Å². The van der Waals surface area contributed by atoms with Crippen LogP contribution in [0.1, 0.15) is 44.9 Å². The molecule has 1 N–H and O–H groups in total. The molecule has 0 aromatic heterocycles. The van der Waals surface area contributed by atoms with E-state index in [2.05, 4.69) is 10.2 Å². The van der Waals surface area contributed by atoms with E-state index in [1.807, 2.05) is 0 Å². The number of carbonyl (C=O) groups is 1. The number of ether oxygens (including phenoxy) is 1. The summed E-state index contributed by atoms with van der Waals surface area (Å²) in [4.78, 5) is 15.0. The van der Waals surface area contributed by atoms with Gasteiger partial charge in [-0.2, -0.15) is 0 Å². The first-order chi connectivity index (χ1) is 9.25. The van der Waals surface area contributed by atoms with Crippen LogP contribution >= 0.6 is 0 Å². The number of rotatable bonds is 2. The molecule has 4 nitrogen and oxygen atoms in total. The summed E-state index contributed by atoms with van der Waals surface area (Å²) in [7, 11) is 1.80. The Kier molecular flexibility index (Phi) is 3.81. The zero-order valence-electron chi connectivity index (χ0n) is 12.0. The van der Waals surface area contributed by atoms with Crippen molar-refractivity contribution in [3.63, 3.8) is 0 Å². The van der Waals surface area contributed by atoms with E-state index in [1.165, 1.54) is 0 Å². The fourth-order valence-corrected chi connectivity index (χ4v) is 4.15. The second-order valence-corrected chi connectivity index (χ2v) is 6.48. The SMILES string of the molecule is COC1CCC(N2CC[C@]3(CCCNC3)C2=O)CC1. The van der Waals surface area contributed by atoms with Crippen molar-refractivity contribution in [1.82, 2.24) is 10.2 Å². The van der Waals surface area contributed by atoms with Crippen LogP contribution in [0.4, 0.5) is 0 Å². The number of nitrogens with zero attached hydrogens (tertiary/aromatic N) is 1. The topological polar surface area (TPSA) is 41.6 Å². The van der Waals surface area contributed by atoms with E-state index in [4.69, 9.17) is 4.74 Å². The molecule has 0 radical (unpaired) electrons. The first-order valence-corrected chi connectivity index (χ1v) is 7.80. The Morgan fingerprint density at radius 3 is 2.68 bits per heavy atom. The molecule has 1 amide bonds. The van der Waals surface area contributed by atoms with Crippen LogP contribution in [-0.2, 0) is 9.53 Å². The summed E-state index contributed by atoms with van der Waals surface area (Å²) in [6, 6.07) is 0.472. The van der Waals surface area contributed by atoms with E-state index in [1.54, 1.807) is 7.11 Å². The highest BCUT2D eigenvalue weighted by Gasteiger charge is 2.48. The molecular formula is C15H26N2O2. The molecule has 2 heterocycles. The van der Waals surface area contributed by atoms with E-state index in [0.29, 0.717) is 18.1 Å². The molecule has 0 unspecified atom stereocenters. The molecule has 1 aliphatic carbocycles. The summed E-state index contributed by atoms with van der Waals surface area (Å²) in [5.41, 5.74) is -0.0592. The molecular weight excluding hydrogens is 240 g/mol. The van der Waals surface area contributed by atoms with E-state index in [0.717, 1.165) is 64.6 Å². The minimum Gasteiger partial charge on any atom is -0.381 e. The maximum atomic E-state index is 12.8. The largest absolute Gasteiger partial charge is 0.381 e. The van der Waals surface area contributed by atoms with Gasteiger partial charge < -0.3 is 15.0 Å². The molecule has 0 aromatic rings. The van der Waals surface area contributed by atoms with Crippen LogP contribution in [0.25, 0.3) is 0 Å². The van der Waals surface area contributed by atoms with Crippen LogP contribution < -0.4 is 5.32 Å². The molecule has 3 rings (SSSR count). The lowest BCUT2D eigenvalue weighted by molar-refractivity contribution is -0.139. The summed E-state index contributed by atoms with van der Waals surface area (Å²) >= 11 is 0. The van der Waals surface area contributed by atoms with Crippen molar-refractivity contribution in [2.75, 3.05) is 26.7 Å². The van der Waals surface area contributed by atoms with Gasteiger partial charge in [-0.25, -0.2) is 0 Å². The number of nitrogens with one attached hydrogen (secondary N) is 1. The first kappa shape index (κ1) is 13.4. The maximum absolute atomic E-state index is 12.8. The number of amides is 1. The number of methoxy groups -OCH3 is 1. The van der Waals surface area contributed by atoms with Gasteiger partial charge in [0.05, 0.1) is 11.5 Å². The number of hydrogen-bond donors (Lipinski definition) is 1. The van der Waals surface area contributed by atoms with Crippen molar-refractivity contribution >= 4 is 5.91 Å². The third-order valence-corrected chi connectivity index (χ3v) is 5.44. The highest BCUT2D eigenvalue weighted by Crippen LogP contribution is 2.40. The monoisotopic (exact) mass is 266 g/mol. The molecule has 1 atom stereocenters. The van der Waals surface area contributed by atoms with Crippen LogP contribution in [0.5, 0.6) is 0 Å². The van der Waals surface area contributed by atoms with E-state index in [9.17, 15) is 4.79 Å². The summed E-state index contributed by atoms with van der Waals surface area (Å²) in [5, 5.41) is 3.42. The van der Waals surface area contributed by atoms with Crippen molar-refractivity contribution in [3.8, 4) is 0 Å². The highest BCUT2D eigenvalue weighted by molar-refractivity contribution is 5.85. The third-order valence-electron chi connectivity index (χ3n) is 5.44. The summed E-state index contributed by atoms with van der Waals surface area (Å²) in [6.07, 6.45) is 8.16. The molecule has 0 bridgehead atoms. The fourth-order valence-electron chi connectivity index (χ4n) is 4.15. The van der Waals surface area contributed by atoms with Crippen LogP contribution in [0.3, 0.4) is 0 Å². The van der Waals surface area contributed by atoms with E-state index >= 15 is 0 Å². The van der Waals surface area contributed by atoms with Crippen LogP contribution in [0, 0.1) is 5.41 Å². The van der Waals surface area contributed by atoms with E-state index in [-0.39, 0.29) is 5.41 Å². The second-order valence-electron chi connectivity index (χ2n) is 6.48. The van der Waals surface area contributed by atoms with Crippen molar-refractivity contribution in [1.29, 1.82) is 0 Å². The number of likely N-dealkylation sites (tertiary alicyclic amines) is 1. The standard InChI is InChI=1S/C15H26N2O2/c1-19-13-5-3-12(4-6-13)17-10-8-15(14(17)18)7-2-9-16-11-15/h12-13,16H,2-11H2,1H3/t12?,13?,15-/m0/s1. The molecule has 2 saturated heterocycles. The van der Waals surface area contributed by atoms with Gasteiger partial charge in [0.25, 0.3) is 0 Å². The van der Waals surface area contributed by atoms with Crippen molar-refractivity contribution < 1.29 is 9.53 Å². The van der Waals surface area contributed by atoms with E-state index < -0.39 is 0 Å². The van der Waals surface area contributed by atoms with Crippen LogP contribution in [-0.4, -0.2) is 49.7 Å². The molecule has 2 aliphatic heterocycles. The van der Waals surface area contributed by atoms with Crippen molar-refractivity contribution in [2.45, 2.75) is 57.1 Å². The lowest BCUT2D eigenvalue weighted by atomic mass is 9.79. The average molecular weight is 266 g/mol. The predicted octanol–water partition coefficient (Wildman–Crippen LogP) is 1.55. The number of carbonyl (C=O) groups excluding carboxylic acids is 1. The van der Waals surface area contributed by atoms with Crippen molar-refractivity contribution in [3.05, 3.63) is 0 Å². The molecule has 0 aromatic carbocycles. The number of hydrogen-bond acceptors (Lipinski definition) is 3. The molecule has 3 fully saturated rings. The highest BCUT2D eigenvalue weighted by atomic mass is 16.5. The first-order valence-electron chi connectivity index (χ1n) is 7.80. The molecule has 19 heavy (non-hydrogen) atoms. The van der Waals surface area contributed by atoms with Gasteiger partial charge >= 0.3 is 0 Å². The van der Waals surface area contributed by atoms with Crippen LogP contribution in [0.15, 0.2) is 0 Å². The Balaban J connectivity index is 1.62. The van der Waals surface area contributed by atoms with Crippen molar-refractivity contribution in [2.24, 2.45) is 5.41 Å². The Bertz CT molecular complexity index is 331. The predicted molar refractivity (Wildman–Crippen MR) is 73.9 cm³/mol. The zero-order valence-corrected chi connectivity index (χ0v) is 12.0. The maximum Gasteiger partial charge on any atom is 0.230 e.